The van der Waals surface area contributed by atoms with E-state index >= 15 is 22.0 Å². The Labute approximate surface area is 286 Å². The van der Waals surface area contributed by atoms with Crippen LogP contribution in [0.25, 0.3) is 82.5 Å². The molecule has 0 aliphatic heterocycles. The van der Waals surface area contributed by atoms with Crippen molar-refractivity contribution in [3.8, 4) is 17.1 Å². The number of hydrogen-bond acceptors (Lipinski definition) is 0. The average molecular weight is 678 g/mol. The van der Waals surface area contributed by atoms with E-state index in [0.29, 0.717) is 65.4 Å². The van der Waals surface area contributed by atoms with Gasteiger partial charge in [0, 0.05) is 32.3 Å². The molecule has 0 aliphatic rings. The fourth-order valence-electron chi connectivity index (χ4n) is 8.03. The number of rotatable bonds is 3. The molecule has 10 aromatic rings. The normalized spacial score (nSPS) is 12.4. The van der Waals surface area contributed by atoms with Crippen molar-refractivity contribution in [3.63, 3.8) is 0 Å². The van der Waals surface area contributed by atoms with Crippen molar-refractivity contribution in [1.82, 2.24) is 13.7 Å². The number of fused-ring (bicyclic) bond motifs is 9. The van der Waals surface area contributed by atoms with Crippen molar-refractivity contribution >= 4 is 65.4 Å². The average Bonchev–Trinajstić information content (AvgIpc) is 3.78. The highest BCUT2D eigenvalue weighted by Gasteiger charge is 2.44. The summed E-state index contributed by atoms with van der Waals surface area (Å²) in [7, 11) is 0. The predicted molar refractivity (Wildman–Crippen MR) is 194 cm³/mol. The number of benzene rings is 7. The first-order chi connectivity index (χ1) is 24.8. The van der Waals surface area contributed by atoms with Gasteiger partial charge in [-0.25, -0.2) is 8.78 Å². The number of para-hydroxylation sites is 6. The summed E-state index contributed by atoms with van der Waals surface area (Å²) in [5.41, 5.74) is -1.24. The number of nitrogens with zero attached hydrogens (tertiary/aromatic N) is 3. The van der Waals surface area contributed by atoms with E-state index in [-0.39, 0.29) is 0 Å². The number of hydrogen-bond donors (Lipinski definition) is 0. The molecule has 0 saturated heterocycles. The second kappa shape index (κ2) is 10.5. The van der Waals surface area contributed by atoms with Gasteiger partial charge in [0.1, 0.15) is 11.3 Å². The molecule has 0 N–H and O–H groups in total. The molecule has 0 aliphatic carbocycles. The maximum absolute atomic E-state index is 18.0. The van der Waals surface area contributed by atoms with Crippen LogP contribution in [0.5, 0.6) is 0 Å². The minimum absolute atomic E-state index is 0.357. The van der Waals surface area contributed by atoms with Crippen LogP contribution in [0.2, 0.25) is 0 Å². The molecule has 0 amide bonds. The topological polar surface area (TPSA) is 14.8 Å². The Bertz CT molecular complexity index is 2750. The van der Waals surface area contributed by atoms with Crippen LogP contribution in [0.1, 0.15) is 5.56 Å². The second-order valence-electron chi connectivity index (χ2n) is 12.7. The highest BCUT2D eigenvalue weighted by Crippen LogP contribution is 2.49. The van der Waals surface area contributed by atoms with Gasteiger partial charge in [-0.3, -0.25) is 0 Å². The minimum atomic E-state index is -5.20. The van der Waals surface area contributed by atoms with E-state index in [4.69, 9.17) is 0 Å². The Morgan fingerprint density at radius 1 is 0.314 bits per heavy atom. The largest absolute Gasteiger partial charge is 0.420 e. The van der Waals surface area contributed by atoms with Crippen molar-refractivity contribution in [3.05, 3.63) is 163 Å². The molecular weight excluding hydrogens is 653 g/mol. The van der Waals surface area contributed by atoms with Crippen molar-refractivity contribution < 1.29 is 22.0 Å². The summed E-state index contributed by atoms with van der Waals surface area (Å²) in [6, 6.07) is 42.1. The lowest BCUT2D eigenvalue weighted by molar-refractivity contribution is -0.137. The summed E-state index contributed by atoms with van der Waals surface area (Å²) in [5.74, 6) is -2.66. The lowest BCUT2D eigenvalue weighted by Gasteiger charge is -2.25. The van der Waals surface area contributed by atoms with Crippen molar-refractivity contribution in [2.45, 2.75) is 6.18 Å². The molecule has 0 fully saturated rings. The standard InChI is InChI=1S/C43H24F5N3/c44-38-40(49-31-19-7-1-13-25(31)26-14-2-8-20-32(26)49)37(43(46,47)48)41(50-33-21-9-3-15-27(33)28-16-4-10-22-34(28)50)39(45)42(38)51-35-23-11-5-17-29(35)30-18-6-12-24-36(30)51/h1-24H. The van der Waals surface area contributed by atoms with Crippen LogP contribution >= 0.6 is 0 Å². The summed E-state index contributed by atoms with van der Waals surface area (Å²) >= 11 is 0. The molecule has 3 nitrogen and oxygen atoms in total. The first kappa shape index (κ1) is 29.5. The Morgan fingerprint density at radius 2 is 0.529 bits per heavy atom. The Morgan fingerprint density at radius 3 is 0.765 bits per heavy atom. The number of aromatic nitrogens is 3. The number of alkyl halides is 3. The van der Waals surface area contributed by atoms with E-state index in [9.17, 15) is 0 Å². The van der Waals surface area contributed by atoms with E-state index in [1.54, 1.807) is 121 Å². The monoisotopic (exact) mass is 677 g/mol. The van der Waals surface area contributed by atoms with Crippen LogP contribution in [-0.2, 0) is 6.18 Å². The van der Waals surface area contributed by atoms with Gasteiger partial charge in [0.2, 0.25) is 0 Å². The van der Waals surface area contributed by atoms with Gasteiger partial charge in [0.05, 0.1) is 44.5 Å². The summed E-state index contributed by atoms with van der Waals surface area (Å²) < 4.78 is 88.3. The Kier molecular flexibility index (Phi) is 6.10. The lowest BCUT2D eigenvalue weighted by Crippen LogP contribution is -2.21. The van der Waals surface area contributed by atoms with E-state index < -0.39 is 40.4 Å². The van der Waals surface area contributed by atoms with Gasteiger partial charge in [-0.1, -0.05) is 109 Å². The van der Waals surface area contributed by atoms with E-state index in [0.717, 1.165) is 0 Å². The van der Waals surface area contributed by atoms with E-state index in [2.05, 4.69) is 0 Å². The molecule has 8 heteroatoms. The fourth-order valence-corrected chi connectivity index (χ4v) is 8.03. The van der Waals surface area contributed by atoms with Gasteiger partial charge in [0.25, 0.3) is 0 Å². The first-order valence-electron chi connectivity index (χ1n) is 16.4. The second-order valence-corrected chi connectivity index (χ2v) is 12.7. The summed E-state index contributed by atoms with van der Waals surface area (Å²) in [6.45, 7) is 0. The molecule has 10 rings (SSSR count). The predicted octanol–water partition coefficient (Wildman–Crippen LogP) is 12.3. The third-order valence-electron chi connectivity index (χ3n) is 10.00. The molecule has 0 unspecified atom stereocenters. The molecule has 0 spiro atoms. The fraction of sp³-hybridized carbons (Fsp3) is 0.0233. The molecule has 246 valence electrons. The molecule has 0 atom stereocenters. The molecule has 7 aromatic carbocycles. The van der Waals surface area contributed by atoms with Crippen LogP contribution in [0.4, 0.5) is 22.0 Å². The van der Waals surface area contributed by atoms with E-state index in [1.165, 1.54) is 13.7 Å². The molecule has 3 heterocycles. The van der Waals surface area contributed by atoms with Gasteiger partial charge in [-0.2, -0.15) is 13.2 Å². The molecular formula is C43H24F5N3. The van der Waals surface area contributed by atoms with Gasteiger partial charge < -0.3 is 13.7 Å². The van der Waals surface area contributed by atoms with Crippen molar-refractivity contribution in [2.75, 3.05) is 0 Å². The first-order valence-corrected chi connectivity index (χ1v) is 16.4. The molecule has 0 radical (unpaired) electrons. The van der Waals surface area contributed by atoms with Gasteiger partial charge in [-0.05, 0) is 36.4 Å². The van der Waals surface area contributed by atoms with Gasteiger partial charge >= 0.3 is 6.18 Å². The highest BCUT2D eigenvalue weighted by atomic mass is 19.4. The van der Waals surface area contributed by atoms with Crippen LogP contribution < -0.4 is 0 Å². The summed E-state index contributed by atoms with van der Waals surface area (Å²) in [5, 5.41) is 3.99. The maximum atomic E-state index is 18.0. The van der Waals surface area contributed by atoms with Crippen molar-refractivity contribution in [2.24, 2.45) is 0 Å². The van der Waals surface area contributed by atoms with Crippen LogP contribution in [0.3, 0.4) is 0 Å². The summed E-state index contributed by atoms with van der Waals surface area (Å²) in [4.78, 5) is 0. The smallest absolute Gasteiger partial charge is 0.306 e. The van der Waals surface area contributed by atoms with Crippen molar-refractivity contribution in [1.29, 1.82) is 0 Å². The molecule has 3 aromatic heterocycles. The van der Waals surface area contributed by atoms with Gasteiger partial charge in [0.15, 0.2) is 11.6 Å². The zero-order valence-corrected chi connectivity index (χ0v) is 26.6. The quantitative estimate of drug-likeness (QED) is 0.165. The minimum Gasteiger partial charge on any atom is -0.306 e. The Hall–Kier alpha value is -6.41. The molecule has 51 heavy (non-hydrogen) atoms. The molecule has 0 bridgehead atoms. The molecule has 0 saturated carbocycles. The third kappa shape index (κ3) is 3.98. The maximum Gasteiger partial charge on any atom is 0.420 e. The van der Waals surface area contributed by atoms with Crippen LogP contribution in [0.15, 0.2) is 146 Å². The third-order valence-corrected chi connectivity index (χ3v) is 10.00. The lowest BCUT2D eigenvalue weighted by atomic mass is 10.0. The van der Waals surface area contributed by atoms with Gasteiger partial charge in [-0.15, -0.1) is 0 Å². The zero-order chi connectivity index (χ0) is 34.6. The number of halogens is 5. The SMILES string of the molecule is Fc1c(-n2c3ccccc3c3ccccc32)c(F)c(-n2c3ccccc3c3ccccc32)c(C(F)(F)F)c1-n1c2ccccc2c2ccccc21. The van der Waals surface area contributed by atoms with Crippen LogP contribution in [-0.4, -0.2) is 13.7 Å². The zero-order valence-electron chi connectivity index (χ0n) is 26.6. The Balaban J connectivity index is 1.51. The van der Waals surface area contributed by atoms with E-state index in [1.807, 2.05) is 24.3 Å². The van der Waals surface area contributed by atoms with Crippen LogP contribution in [0, 0.1) is 11.6 Å². The summed E-state index contributed by atoms with van der Waals surface area (Å²) in [6.07, 6.45) is -5.20. The highest BCUT2D eigenvalue weighted by molar-refractivity contribution is 6.12.